The SMILES string of the molecule is Cc1cc2ccccc2c2c1[C+](C)Cc1ccccc1-2. The van der Waals surface area contributed by atoms with Gasteiger partial charge in [0, 0.05) is 48.6 Å². The summed E-state index contributed by atoms with van der Waals surface area (Å²) in [6.07, 6.45) is 1.07. The van der Waals surface area contributed by atoms with Gasteiger partial charge in [-0.25, -0.2) is 0 Å². The molecule has 0 amide bonds. The summed E-state index contributed by atoms with van der Waals surface area (Å²) in [5.74, 6) is 1.49. The zero-order valence-electron chi connectivity index (χ0n) is 11.9. The van der Waals surface area contributed by atoms with E-state index in [-0.39, 0.29) is 0 Å². The fourth-order valence-corrected chi connectivity index (χ4v) is 3.61. The molecular formula is C20H17+. The zero-order chi connectivity index (χ0) is 13.7. The molecule has 0 fully saturated rings. The second-order valence-corrected chi connectivity index (χ2v) is 5.78. The molecule has 3 aromatic carbocycles. The molecule has 0 spiro atoms. The molecule has 96 valence electrons. The van der Waals surface area contributed by atoms with Crippen LogP contribution in [0.5, 0.6) is 0 Å². The lowest BCUT2D eigenvalue weighted by Gasteiger charge is -2.21. The van der Waals surface area contributed by atoms with Crippen LogP contribution < -0.4 is 0 Å². The molecule has 20 heavy (non-hydrogen) atoms. The summed E-state index contributed by atoms with van der Waals surface area (Å²) < 4.78 is 0. The normalized spacial score (nSPS) is 13.2. The molecule has 0 bridgehead atoms. The van der Waals surface area contributed by atoms with Crippen molar-refractivity contribution in [1.29, 1.82) is 0 Å². The third kappa shape index (κ3) is 1.51. The van der Waals surface area contributed by atoms with Gasteiger partial charge in [-0.3, -0.25) is 0 Å². The van der Waals surface area contributed by atoms with Crippen molar-refractivity contribution >= 4 is 10.8 Å². The van der Waals surface area contributed by atoms with E-state index in [1.54, 1.807) is 0 Å². The number of hydrogen-bond donors (Lipinski definition) is 0. The second kappa shape index (κ2) is 4.14. The summed E-state index contributed by atoms with van der Waals surface area (Å²) >= 11 is 0. The van der Waals surface area contributed by atoms with Crippen LogP contribution in [0, 0.1) is 12.8 Å². The Bertz CT molecular complexity index is 811. The smallest absolute Gasteiger partial charge is 0.0618 e. The molecule has 0 heterocycles. The molecule has 1 aliphatic rings. The molecule has 0 saturated carbocycles. The molecule has 0 N–H and O–H groups in total. The Morgan fingerprint density at radius 1 is 0.950 bits per heavy atom. The summed E-state index contributed by atoms with van der Waals surface area (Å²) in [5, 5.41) is 2.72. The van der Waals surface area contributed by atoms with Crippen LogP contribution in [0.15, 0.2) is 54.6 Å². The Balaban J connectivity index is 2.20. The van der Waals surface area contributed by atoms with Crippen LogP contribution in [0.1, 0.15) is 23.6 Å². The van der Waals surface area contributed by atoms with Gasteiger partial charge in [0.1, 0.15) is 5.56 Å². The standard InChI is InChI=1S/C20H17/c1-13-11-15-7-3-5-9-17(15)20-18-10-6-4-8-16(18)12-14(2)19(13)20/h3-11H,12H2,1-2H3/q+1. The first kappa shape index (κ1) is 11.6. The quantitative estimate of drug-likeness (QED) is 0.478. The van der Waals surface area contributed by atoms with Gasteiger partial charge >= 0.3 is 0 Å². The molecule has 0 saturated heterocycles. The Kier molecular flexibility index (Phi) is 2.40. The number of hydrogen-bond acceptors (Lipinski definition) is 0. The fraction of sp³-hybridized carbons (Fsp3) is 0.150. The molecule has 4 rings (SSSR count). The van der Waals surface area contributed by atoms with E-state index in [2.05, 4.69) is 68.4 Å². The van der Waals surface area contributed by atoms with E-state index in [0.717, 1.165) is 6.42 Å². The van der Waals surface area contributed by atoms with Gasteiger partial charge in [0.25, 0.3) is 0 Å². The highest BCUT2D eigenvalue weighted by Crippen LogP contribution is 2.44. The van der Waals surface area contributed by atoms with E-state index >= 15 is 0 Å². The highest BCUT2D eigenvalue weighted by molar-refractivity contribution is 6.01. The van der Waals surface area contributed by atoms with Crippen LogP contribution >= 0.6 is 0 Å². The van der Waals surface area contributed by atoms with E-state index in [9.17, 15) is 0 Å². The van der Waals surface area contributed by atoms with Crippen LogP contribution in [0.3, 0.4) is 0 Å². The lowest BCUT2D eigenvalue weighted by molar-refractivity contribution is 0.969. The second-order valence-electron chi connectivity index (χ2n) is 5.78. The monoisotopic (exact) mass is 257 g/mol. The third-order valence-corrected chi connectivity index (χ3v) is 4.42. The van der Waals surface area contributed by atoms with E-state index in [1.807, 2.05) is 0 Å². The Morgan fingerprint density at radius 3 is 2.60 bits per heavy atom. The summed E-state index contributed by atoms with van der Waals surface area (Å²) in [6.45, 7) is 4.51. The number of aryl methyl sites for hydroxylation is 1. The van der Waals surface area contributed by atoms with Crippen molar-refractivity contribution in [3.63, 3.8) is 0 Å². The van der Waals surface area contributed by atoms with Gasteiger partial charge in [0.05, 0.1) is 11.1 Å². The fourth-order valence-electron chi connectivity index (χ4n) is 3.61. The van der Waals surface area contributed by atoms with Crippen molar-refractivity contribution in [2.75, 3.05) is 0 Å². The topological polar surface area (TPSA) is 0 Å². The van der Waals surface area contributed by atoms with Crippen LogP contribution in [0.25, 0.3) is 21.9 Å². The van der Waals surface area contributed by atoms with Gasteiger partial charge in [-0.1, -0.05) is 36.4 Å². The molecule has 3 aromatic rings. The Hall–Kier alpha value is -2.21. The van der Waals surface area contributed by atoms with E-state index in [4.69, 9.17) is 0 Å². The van der Waals surface area contributed by atoms with Gasteiger partial charge in [0.2, 0.25) is 0 Å². The summed E-state index contributed by atoms with van der Waals surface area (Å²) in [5.41, 5.74) is 7.15. The molecule has 0 aliphatic heterocycles. The van der Waals surface area contributed by atoms with Crippen molar-refractivity contribution in [1.82, 2.24) is 0 Å². The number of fused-ring (bicyclic) bond motifs is 5. The molecular weight excluding hydrogens is 240 g/mol. The largest absolute Gasteiger partial charge is 0.144 e. The van der Waals surface area contributed by atoms with Gasteiger partial charge in [0.15, 0.2) is 0 Å². The maximum atomic E-state index is 2.32. The van der Waals surface area contributed by atoms with Gasteiger partial charge in [-0.05, 0) is 17.7 Å². The zero-order valence-corrected chi connectivity index (χ0v) is 11.9. The van der Waals surface area contributed by atoms with Crippen molar-refractivity contribution < 1.29 is 0 Å². The van der Waals surface area contributed by atoms with Crippen molar-refractivity contribution in [2.24, 2.45) is 0 Å². The Labute approximate surface area is 120 Å². The van der Waals surface area contributed by atoms with Crippen molar-refractivity contribution in [2.45, 2.75) is 20.3 Å². The number of benzene rings is 3. The first-order valence-electron chi connectivity index (χ1n) is 7.19. The van der Waals surface area contributed by atoms with Crippen LogP contribution in [-0.4, -0.2) is 0 Å². The molecule has 0 atom stereocenters. The van der Waals surface area contributed by atoms with Gasteiger partial charge in [-0.15, -0.1) is 0 Å². The van der Waals surface area contributed by atoms with E-state index in [0.29, 0.717) is 0 Å². The molecule has 0 radical (unpaired) electrons. The first-order chi connectivity index (χ1) is 9.75. The van der Waals surface area contributed by atoms with Gasteiger partial charge in [-0.2, -0.15) is 0 Å². The predicted octanol–water partition coefficient (Wildman–Crippen LogP) is 5.31. The van der Waals surface area contributed by atoms with E-state index < -0.39 is 0 Å². The minimum Gasteiger partial charge on any atom is -0.0618 e. The van der Waals surface area contributed by atoms with E-state index in [1.165, 1.54) is 44.5 Å². The lowest BCUT2D eigenvalue weighted by atomic mass is 9.76. The minimum atomic E-state index is 1.07. The molecule has 0 aromatic heterocycles. The summed E-state index contributed by atoms with van der Waals surface area (Å²) in [4.78, 5) is 0. The van der Waals surface area contributed by atoms with Gasteiger partial charge < -0.3 is 0 Å². The summed E-state index contributed by atoms with van der Waals surface area (Å²) in [7, 11) is 0. The van der Waals surface area contributed by atoms with Crippen LogP contribution in [-0.2, 0) is 6.42 Å². The number of rotatable bonds is 0. The minimum absolute atomic E-state index is 1.07. The third-order valence-electron chi connectivity index (χ3n) is 4.42. The first-order valence-corrected chi connectivity index (χ1v) is 7.19. The van der Waals surface area contributed by atoms with Crippen LogP contribution in [0.2, 0.25) is 0 Å². The molecule has 1 aliphatic carbocycles. The highest BCUT2D eigenvalue weighted by atomic mass is 14.3. The molecule has 0 unspecified atom stereocenters. The average Bonchev–Trinajstić information content (AvgIpc) is 2.46. The van der Waals surface area contributed by atoms with Crippen molar-refractivity contribution in [3.8, 4) is 11.1 Å². The predicted molar refractivity (Wildman–Crippen MR) is 85.8 cm³/mol. The highest BCUT2D eigenvalue weighted by Gasteiger charge is 2.32. The molecule has 0 nitrogen and oxygen atoms in total. The Morgan fingerprint density at radius 2 is 1.70 bits per heavy atom. The lowest BCUT2D eigenvalue weighted by Crippen LogP contribution is -2.11. The van der Waals surface area contributed by atoms with Crippen molar-refractivity contribution in [3.05, 3.63) is 77.2 Å². The average molecular weight is 257 g/mol. The van der Waals surface area contributed by atoms with Crippen LogP contribution in [0.4, 0.5) is 0 Å². The summed E-state index contributed by atoms with van der Waals surface area (Å²) in [6, 6.07) is 19.9. The maximum absolute atomic E-state index is 2.32. The molecule has 0 heteroatoms. The maximum Gasteiger partial charge on any atom is 0.144 e.